The molecule has 0 bridgehead atoms. The van der Waals surface area contributed by atoms with E-state index >= 15 is 0 Å². The van der Waals surface area contributed by atoms with Crippen molar-refractivity contribution in [2.45, 2.75) is 35.8 Å². The monoisotopic (exact) mass is 383 g/mol. The Morgan fingerprint density at radius 1 is 1.36 bits per heavy atom. The Morgan fingerprint density at radius 3 is 2.56 bits per heavy atom. The molecule has 8 nitrogen and oxygen atoms in total. The Bertz CT molecular complexity index is 875. The molecule has 0 saturated heterocycles. The van der Waals surface area contributed by atoms with E-state index in [1.54, 1.807) is 6.92 Å². The Kier molecular flexibility index (Phi) is 5.85. The lowest BCUT2D eigenvalue weighted by Gasteiger charge is -2.08. The van der Waals surface area contributed by atoms with Gasteiger partial charge in [-0.2, -0.15) is 0 Å². The number of carbonyl (C=O) groups is 1. The summed E-state index contributed by atoms with van der Waals surface area (Å²) in [6.45, 7) is 3.77. The van der Waals surface area contributed by atoms with Gasteiger partial charge in [0.25, 0.3) is 5.69 Å². The topological polar surface area (TPSA) is 119 Å². The van der Waals surface area contributed by atoms with Crippen LogP contribution in [0.3, 0.4) is 0 Å². The van der Waals surface area contributed by atoms with Gasteiger partial charge in [-0.05, 0) is 18.6 Å². The van der Waals surface area contributed by atoms with E-state index in [1.807, 2.05) is 6.92 Å². The van der Waals surface area contributed by atoms with E-state index in [9.17, 15) is 23.3 Å². The molecule has 1 amide bonds. The van der Waals surface area contributed by atoms with E-state index in [0.29, 0.717) is 0 Å². The molecule has 2 aromatic rings. The maximum atomic E-state index is 12.5. The summed E-state index contributed by atoms with van der Waals surface area (Å²) < 4.78 is 25.0. The van der Waals surface area contributed by atoms with Crippen LogP contribution in [0.4, 0.5) is 10.8 Å². The van der Waals surface area contributed by atoms with Gasteiger partial charge < -0.3 is 5.32 Å². The van der Waals surface area contributed by atoms with Gasteiger partial charge in [-0.1, -0.05) is 31.6 Å². The first-order valence-corrected chi connectivity index (χ1v) is 9.82. The molecular formula is C15H17N3O5S2. The van der Waals surface area contributed by atoms with Gasteiger partial charge in [-0.15, -0.1) is 0 Å². The third kappa shape index (κ3) is 4.40. The number of nitro groups is 1. The molecule has 1 aromatic heterocycles. The van der Waals surface area contributed by atoms with E-state index in [2.05, 4.69) is 10.3 Å². The van der Waals surface area contributed by atoms with Crippen molar-refractivity contribution in [3.63, 3.8) is 0 Å². The van der Waals surface area contributed by atoms with Crippen molar-refractivity contribution in [1.82, 2.24) is 4.98 Å². The molecule has 0 spiro atoms. The largest absolute Gasteiger partial charge is 0.302 e. The number of carbonyl (C=O) groups excluding carboxylic acids is 1. The van der Waals surface area contributed by atoms with Gasteiger partial charge in [0.15, 0.2) is 5.13 Å². The lowest BCUT2D eigenvalue weighted by molar-refractivity contribution is -0.384. The molecule has 1 aromatic carbocycles. The summed E-state index contributed by atoms with van der Waals surface area (Å²) in [6, 6.07) is 4.61. The van der Waals surface area contributed by atoms with Gasteiger partial charge in [0.2, 0.25) is 15.7 Å². The number of hydrogen-bond donors (Lipinski definition) is 1. The highest BCUT2D eigenvalue weighted by Crippen LogP contribution is 2.29. The van der Waals surface area contributed by atoms with Gasteiger partial charge in [0.1, 0.15) is 4.21 Å². The summed E-state index contributed by atoms with van der Waals surface area (Å²) in [4.78, 5) is 25.9. The summed E-state index contributed by atoms with van der Waals surface area (Å²) in [5.74, 6) is -0.404. The van der Waals surface area contributed by atoms with Crippen LogP contribution in [0, 0.1) is 16.0 Å². The highest BCUT2D eigenvalue weighted by Gasteiger charge is 2.23. The average molecular weight is 383 g/mol. The number of anilines is 1. The number of non-ortho nitro benzene ring substituents is 1. The van der Waals surface area contributed by atoms with E-state index in [1.165, 1.54) is 18.3 Å². The van der Waals surface area contributed by atoms with Crippen LogP contribution in [0.2, 0.25) is 0 Å². The first kappa shape index (κ1) is 19.0. The minimum Gasteiger partial charge on any atom is -0.302 e. The Labute approximate surface area is 149 Å². The second-order valence-corrected chi connectivity index (χ2v) is 8.63. The lowest BCUT2D eigenvalue weighted by Crippen LogP contribution is -2.19. The smallest absolute Gasteiger partial charge is 0.269 e. The second-order valence-electron chi connectivity index (χ2n) is 5.42. The molecule has 0 aliphatic rings. The number of thiazole rings is 1. The minimum atomic E-state index is -3.84. The number of aromatic nitrogens is 1. The van der Waals surface area contributed by atoms with E-state index in [-0.39, 0.29) is 31.7 Å². The van der Waals surface area contributed by atoms with Gasteiger partial charge >= 0.3 is 0 Å². The highest BCUT2D eigenvalue weighted by molar-refractivity contribution is 7.93. The zero-order valence-corrected chi connectivity index (χ0v) is 15.3. The van der Waals surface area contributed by atoms with Crippen molar-refractivity contribution < 1.29 is 18.1 Å². The Hall–Kier alpha value is -2.33. The molecule has 134 valence electrons. The Morgan fingerprint density at radius 2 is 2.00 bits per heavy atom. The minimum absolute atomic E-state index is 0.0419. The van der Waals surface area contributed by atoms with Crippen molar-refractivity contribution in [3.8, 4) is 0 Å². The van der Waals surface area contributed by atoms with Crippen LogP contribution in [0.25, 0.3) is 0 Å². The molecule has 0 aliphatic heterocycles. The SMILES string of the molecule is CCC[C@@H](C)C(=O)Nc1ncc(S(=O)(=O)c2ccc([N+](=O)[O-])cc2)s1. The van der Waals surface area contributed by atoms with Crippen LogP contribution in [0.15, 0.2) is 39.6 Å². The Balaban J connectivity index is 2.20. The predicted molar refractivity (Wildman–Crippen MR) is 93.4 cm³/mol. The summed E-state index contributed by atoms with van der Waals surface area (Å²) in [7, 11) is -3.84. The van der Waals surface area contributed by atoms with E-state index in [4.69, 9.17) is 0 Å². The molecule has 0 fully saturated rings. The van der Waals surface area contributed by atoms with Crippen molar-refractivity contribution in [3.05, 3.63) is 40.6 Å². The number of benzene rings is 1. The van der Waals surface area contributed by atoms with Gasteiger partial charge in [0.05, 0.1) is 16.0 Å². The maximum absolute atomic E-state index is 12.5. The summed E-state index contributed by atoms with van der Waals surface area (Å²) >= 11 is 0.844. The predicted octanol–water partition coefficient (Wildman–Crippen LogP) is 3.26. The van der Waals surface area contributed by atoms with Crippen LogP contribution in [0.1, 0.15) is 26.7 Å². The molecule has 0 aliphatic carbocycles. The van der Waals surface area contributed by atoms with E-state index < -0.39 is 14.8 Å². The van der Waals surface area contributed by atoms with E-state index in [0.717, 1.165) is 36.3 Å². The fourth-order valence-corrected chi connectivity index (χ4v) is 4.53. The van der Waals surface area contributed by atoms with Gasteiger partial charge in [0, 0.05) is 18.1 Å². The number of sulfone groups is 1. The molecular weight excluding hydrogens is 366 g/mol. The van der Waals surface area contributed by atoms with Gasteiger partial charge in [-0.3, -0.25) is 14.9 Å². The number of amides is 1. The molecule has 1 heterocycles. The third-order valence-electron chi connectivity index (χ3n) is 3.51. The number of rotatable bonds is 7. The standard InChI is InChI=1S/C15H17N3O5S2/c1-3-4-10(2)14(19)17-15-16-9-13(24-15)25(22,23)12-7-5-11(6-8-12)18(20)21/h5-10H,3-4H2,1-2H3,(H,16,17,19)/t10-/m1/s1. The van der Waals surface area contributed by atoms with Gasteiger partial charge in [-0.25, -0.2) is 13.4 Å². The molecule has 25 heavy (non-hydrogen) atoms. The van der Waals surface area contributed by atoms with Crippen LogP contribution in [-0.2, 0) is 14.6 Å². The molecule has 10 heteroatoms. The average Bonchev–Trinajstić information content (AvgIpc) is 3.04. The quantitative estimate of drug-likeness (QED) is 0.579. The summed E-state index contributed by atoms with van der Waals surface area (Å²) in [6.07, 6.45) is 2.76. The summed E-state index contributed by atoms with van der Waals surface area (Å²) in [5.41, 5.74) is -0.193. The first-order valence-electron chi connectivity index (χ1n) is 7.52. The molecule has 1 N–H and O–H groups in total. The van der Waals surface area contributed by atoms with Crippen LogP contribution >= 0.6 is 11.3 Å². The number of nitro benzene ring substituents is 1. The maximum Gasteiger partial charge on any atom is 0.269 e. The number of nitrogens with zero attached hydrogens (tertiary/aromatic N) is 2. The normalized spacial score (nSPS) is 12.6. The third-order valence-corrected chi connectivity index (χ3v) is 6.65. The fraction of sp³-hybridized carbons (Fsp3) is 0.333. The number of nitrogens with one attached hydrogen (secondary N) is 1. The first-order chi connectivity index (χ1) is 11.8. The summed E-state index contributed by atoms with van der Waals surface area (Å²) in [5, 5.41) is 13.5. The van der Waals surface area contributed by atoms with Crippen molar-refractivity contribution >= 4 is 37.9 Å². The molecule has 1 atom stereocenters. The van der Waals surface area contributed by atoms with Crippen LogP contribution in [0.5, 0.6) is 0 Å². The number of hydrogen-bond acceptors (Lipinski definition) is 7. The zero-order valence-electron chi connectivity index (χ0n) is 13.6. The van der Waals surface area contributed by atoms with Crippen LogP contribution < -0.4 is 5.32 Å². The zero-order chi connectivity index (χ0) is 18.6. The molecule has 0 unspecified atom stereocenters. The second kappa shape index (κ2) is 7.70. The van der Waals surface area contributed by atoms with Crippen molar-refractivity contribution in [2.75, 3.05) is 5.32 Å². The molecule has 0 saturated carbocycles. The van der Waals surface area contributed by atoms with Crippen molar-refractivity contribution in [2.24, 2.45) is 5.92 Å². The van der Waals surface area contributed by atoms with Crippen LogP contribution in [-0.4, -0.2) is 24.2 Å². The highest BCUT2D eigenvalue weighted by atomic mass is 32.2. The lowest BCUT2D eigenvalue weighted by atomic mass is 10.1. The molecule has 2 rings (SSSR count). The fourth-order valence-electron chi connectivity index (χ4n) is 2.10. The van der Waals surface area contributed by atoms with Crippen molar-refractivity contribution in [1.29, 1.82) is 0 Å². The molecule has 0 radical (unpaired) electrons.